The normalized spacial score (nSPS) is 11.5. The quantitative estimate of drug-likeness (QED) is 0.789. The molecule has 0 aromatic heterocycles. The predicted octanol–water partition coefficient (Wildman–Crippen LogP) is 3.78. The van der Waals surface area contributed by atoms with Gasteiger partial charge >= 0.3 is 6.09 Å². The number of ketones is 1. The predicted molar refractivity (Wildman–Crippen MR) is 85.1 cm³/mol. The van der Waals surface area contributed by atoms with Crippen LogP contribution in [0.15, 0.2) is 60.7 Å². The lowest BCUT2D eigenvalue weighted by atomic mass is 10.0. The molecule has 2 aromatic rings. The van der Waals surface area contributed by atoms with Gasteiger partial charge in [-0.05, 0) is 18.6 Å². The van der Waals surface area contributed by atoms with E-state index in [1.54, 1.807) is 43.4 Å². The SMILES string of the molecule is CCC(C(=O)c1ccccc1)N(C)C(=O)Oc1ccccc1. The number of nitrogens with zero attached hydrogens (tertiary/aromatic N) is 1. The number of Topliss-reactive ketones (excluding diaryl/α,β-unsaturated/α-hetero) is 1. The smallest absolute Gasteiger partial charge is 0.410 e. The first-order chi connectivity index (χ1) is 10.6. The van der Waals surface area contributed by atoms with E-state index in [1.807, 2.05) is 31.2 Å². The first-order valence-electron chi connectivity index (χ1n) is 7.22. The van der Waals surface area contributed by atoms with Gasteiger partial charge < -0.3 is 9.64 Å². The second-order valence-electron chi connectivity index (χ2n) is 4.95. The Morgan fingerprint density at radius 3 is 2.09 bits per heavy atom. The van der Waals surface area contributed by atoms with Gasteiger partial charge in [0.2, 0.25) is 0 Å². The zero-order valence-corrected chi connectivity index (χ0v) is 12.7. The molecule has 0 saturated carbocycles. The molecular formula is C18H19NO3. The molecule has 0 N–H and O–H groups in total. The highest BCUT2D eigenvalue weighted by molar-refractivity contribution is 6.01. The van der Waals surface area contributed by atoms with Crippen LogP contribution in [-0.2, 0) is 0 Å². The van der Waals surface area contributed by atoms with Gasteiger partial charge in [0.25, 0.3) is 0 Å². The van der Waals surface area contributed by atoms with Crippen molar-refractivity contribution in [2.45, 2.75) is 19.4 Å². The molecule has 114 valence electrons. The van der Waals surface area contributed by atoms with Gasteiger partial charge in [0.15, 0.2) is 5.78 Å². The molecule has 1 atom stereocenters. The Hall–Kier alpha value is -2.62. The fraction of sp³-hybridized carbons (Fsp3) is 0.222. The van der Waals surface area contributed by atoms with E-state index >= 15 is 0 Å². The van der Waals surface area contributed by atoms with E-state index in [0.717, 1.165) is 0 Å². The standard InChI is InChI=1S/C18H19NO3/c1-3-16(17(20)14-10-6-4-7-11-14)19(2)18(21)22-15-12-8-5-9-13-15/h4-13,16H,3H2,1-2H3. The van der Waals surface area contributed by atoms with E-state index in [2.05, 4.69) is 0 Å². The molecule has 0 spiro atoms. The monoisotopic (exact) mass is 297 g/mol. The maximum atomic E-state index is 12.5. The second kappa shape index (κ2) is 7.41. The molecule has 0 radical (unpaired) electrons. The third-order valence-corrected chi connectivity index (χ3v) is 3.45. The van der Waals surface area contributed by atoms with Gasteiger partial charge in [-0.2, -0.15) is 0 Å². The Labute approximate surface area is 130 Å². The Kier molecular flexibility index (Phi) is 5.31. The summed E-state index contributed by atoms with van der Waals surface area (Å²) < 4.78 is 5.28. The zero-order chi connectivity index (χ0) is 15.9. The van der Waals surface area contributed by atoms with Crippen LogP contribution in [0, 0.1) is 0 Å². The summed E-state index contributed by atoms with van der Waals surface area (Å²) in [4.78, 5) is 26.1. The van der Waals surface area contributed by atoms with Crippen molar-refractivity contribution in [3.8, 4) is 5.75 Å². The molecule has 0 aliphatic heterocycles. The third kappa shape index (κ3) is 3.73. The summed E-state index contributed by atoms with van der Waals surface area (Å²) in [5.74, 6) is 0.372. The van der Waals surface area contributed by atoms with Gasteiger partial charge in [-0.15, -0.1) is 0 Å². The Balaban J connectivity index is 2.10. The van der Waals surface area contributed by atoms with Gasteiger partial charge in [0, 0.05) is 12.6 Å². The number of likely N-dealkylation sites (N-methyl/N-ethyl adjacent to an activating group) is 1. The number of amides is 1. The lowest BCUT2D eigenvalue weighted by Gasteiger charge is -2.25. The molecule has 0 aliphatic rings. The molecule has 2 aromatic carbocycles. The van der Waals surface area contributed by atoms with Gasteiger partial charge in [-0.3, -0.25) is 4.79 Å². The summed E-state index contributed by atoms with van der Waals surface area (Å²) in [6.45, 7) is 1.87. The maximum absolute atomic E-state index is 12.5. The molecule has 4 nitrogen and oxygen atoms in total. The molecule has 22 heavy (non-hydrogen) atoms. The Bertz CT molecular complexity index is 625. The van der Waals surface area contributed by atoms with E-state index in [0.29, 0.717) is 17.7 Å². The van der Waals surface area contributed by atoms with Crippen LogP contribution in [-0.4, -0.2) is 29.9 Å². The number of benzene rings is 2. The van der Waals surface area contributed by atoms with Crippen LogP contribution in [0.5, 0.6) is 5.75 Å². The number of para-hydroxylation sites is 1. The summed E-state index contributed by atoms with van der Waals surface area (Å²) in [7, 11) is 1.58. The van der Waals surface area contributed by atoms with E-state index in [4.69, 9.17) is 4.74 Å². The Morgan fingerprint density at radius 1 is 1.00 bits per heavy atom. The van der Waals surface area contributed by atoms with Crippen molar-refractivity contribution in [2.24, 2.45) is 0 Å². The number of rotatable bonds is 5. The first kappa shape index (κ1) is 15.8. The van der Waals surface area contributed by atoms with Crippen molar-refractivity contribution in [3.05, 3.63) is 66.2 Å². The van der Waals surface area contributed by atoms with Gasteiger partial charge in [-0.25, -0.2) is 4.79 Å². The highest BCUT2D eigenvalue weighted by atomic mass is 16.6. The molecule has 0 aliphatic carbocycles. The average Bonchev–Trinajstić information content (AvgIpc) is 2.57. The summed E-state index contributed by atoms with van der Waals surface area (Å²) in [6.07, 6.45) is -0.0176. The van der Waals surface area contributed by atoms with Gasteiger partial charge in [0.05, 0.1) is 6.04 Å². The molecule has 1 unspecified atom stereocenters. The molecule has 2 rings (SSSR count). The minimum atomic E-state index is -0.543. The molecule has 0 heterocycles. The summed E-state index contributed by atoms with van der Waals surface area (Å²) >= 11 is 0. The molecule has 0 bridgehead atoms. The first-order valence-corrected chi connectivity index (χ1v) is 7.22. The third-order valence-electron chi connectivity index (χ3n) is 3.45. The van der Waals surface area contributed by atoms with Crippen molar-refractivity contribution in [1.29, 1.82) is 0 Å². The van der Waals surface area contributed by atoms with Crippen LogP contribution in [0.1, 0.15) is 23.7 Å². The van der Waals surface area contributed by atoms with Crippen LogP contribution in [0.2, 0.25) is 0 Å². The summed E-state index contributed by atoms with van der Waals surface area (Å²) in [5, 5.41) is 0. The zero-order valence-electron chi connectivity index (χ0n) is 12.7. The van der Waals surface area contributed by atoms with Crippen molar-refractivity contribution in [1.82, 2.24) is 4.90 Å². The summed E-state index contributed by atoms with van der Waals surface area (Å²) in [6, 6.07) is 17.2. The molecular weight excluding hydrogens is 278 g/mol. The van der Waals surface area contributed by atoms with Crippen molar-refractivity contribution >= 4 is 11.9 Å². The number of hydrogen-bond acceptors (Lipinski definition) is 3. The Morgan fingerprint density at radius 2 is 1.55 bits per heavy atom. The number of carbonyl (C=O) groups excluding carboxylic acids is 2. The topological polar surface area (TPSA) is 46.6 Å². The minimum Gasteiger partial charge on any atom is -0.410 e. The minimum absolute atomic E-state index is 0.0874. The highest BCUT2D eigenvalue weighted by Crippen LogP contribution is 2.15. The summed E-state index contributed by atoms with van der Waals surface area (Å²) in [5.41, 5.74) is 0.591. The molecule has 0 fully saturated rings. The van der Waals surface area contributed by atoms with E-state index in [1.165, 1.54) is 4.90 Å². The van der Waals surface area contributed by atoms with Crippen LogP contribution >= 0.6 is 0 Å². The fourth-order valence-corrected chi connectivity index (χ4v) is 2.22. The van der Waals surface area contributed by atoms with Gasteiger partial charge in [0.1, 0.15) is 5.75 Å². The second-order valence-corrected chi connectivity index (χ2v) is 4.95. The van der Waals surface area contributed by atoms with Crippen LogP contribution < -0.4 is 4.74 Å². The number of carbonyl (C=O) groups is 2. The van der Waals surface area contributed by atoms with Crippen LogP contribution in [0.3, 0.4) is 0 Å². The van der Waals surface area contributed by atoms with Gasteiger partial charge in [-0.1, -0.05) is 55.5 Å². The highest BCUT2D eigenvalue weighted by Gasteiger charge is 2.27. The lowest BCUT2D eigenvalue weighted by molar-refractivity contribution is 0.0831. The number of ether oxygens (including phenoxy) is 1. The fourth-order valence-electron chi connectivity index (χ4n) is 2.22. The van der Waals surface area contributed by atoms with E-state index in [-0.39, 0.29) is 5.78 Å². The lowest BCUT2D eigenvalue weighted by Crippen LogP contribution is -2.43. The average molecular weight is 297 g/mol. The molecule has 0 saturated heterocycles. The largest absolute Gasteiger partial charge is 0.415 e. The van der Waals surface area contributed by atoms with Crippen LogP contribution in [0.4, 0.5) is 4.79 Å². The number of hydrogen-bond donors (Lipinski definition) is 0. The maximum Gasteiger partial charge on any atom is 0.415 e. The molecule has 1 amide bonds. The van der Waals surface area contributed by atoms with Crippen molar-refractivity contribution in [3.63, 3.8) is 0 Å². The van der Waals surface area contributed by atoms with Crippen molar-refractivity contribution < 1.29 is 14.3 Å². The van der Waals surface area contributed by atoms with Crippen LogP contribution in [0.25, 0.3) is 0 Å². The van der Waals surface area contributed by atoms with E-state index in [9.17, 15) is 9.59 Å². The van der Waals surface area contributed by atoms with E-state index < -0.39 is 12.1 Å². The van der Waals surface area contributed by atoms with Crippen molar-refractivity contribution in [2.75, 3.05) is 7.05 Å². The molecule has 4 heteroatoms.